The molecule has 3 heterocycles. The van der Waals surface area contributed by atoms with Gasteiger partial charge in [-0.25, -0.2) is 4.98 Å². The van der Waals surface area contributed by atoms with Crippen molar-refractivity contribution in [1.82, 2.24) is 10.3 Å². The molecule has 6 heteroatoms. The van der Waals surface area contributed by atoms with Crippen molar-refractivity contribution in [3.63, 3.8) is 0 Å². The maximum atomic E-state index is 11.9. The number of pyridine rings is 1. The summed E-state index contributed by atoms with van der Waals surface area (Å²) in [4.78, 5) is 17.5. The predicted octanol–water partition coefficient (Wildman–Crippen LogP) is 3.61. The zero-order chi connectivity index (χ0) is 18.1. The number of nitrogens with two attached hydrogens (primary N) is 1. The van der Waals surface area contributed by atoms with Gasteiger partial charge in [0.25, 0.3) is 5.91 Å². The van der Waals surface area contributed by atoms with E-state index in [1.807, 2.05) is 18.2 Å². The summed E-state index contributed by atoms with van der Waals surface area (Å²) in [6.07, 6.45) is 3.83. The Hall–Kier alpha value is -2.44. The van der Waals surface area contributed by atoms with Crippen molar-refractivity contribution in [3.8, 4) is 10.4 Å². The number of nitrogens with zero attached hydrogens (tertiary/aromatic N) is 1. The lowest BCUT2D eigenvalue weighted by molar-refractivity contribution is 0.100. The number of hydrogen-bond acceptors (Lipinski definition) is 5. The zero-order valence-corrected chi connectivity index (χ0v) is 15.5. The number of fused-ring (bicyclic) bond motifs is 1. The minimum atomic E-state index is -0.441. The van der Waals surface area contributed by atoms with Crippen LogP contribution in [0.5, 0.6) is 0 Å². The first-order valence-corrected chi connectivity index (χ1v) is 9.71. The topological polar surface area (TPSA) is 80.0 Å². The van der Waals surface area contributed by atoms with Crippen molar-refractivity contribution >= 4 is 33.1 Å². The number of carbonyl (C=O) groups is 1. The van der Waals surface area contributed by atoms with E-state index >= 15 is 0 Å². The van der Waals surface area contributed by atoms with Gasteiger partial charge in [-0.1, -0.05) is 30.3 Å². The van der Waals surface area contributed by atoms with Gasteiger partial charge in [0.05, 0.1) is 10.3 Å². The quantitative estimate of drug-likeness (QED) is 0.659. The van der Waals surface area contributed by atoms with Crippen molar-refractivity contribution in [2.45, 2.75) is 31.8 Å². The van der Waals surface area contributed by atoms with Gasteiger partial charge in [-0.05, 0) is 31.4 Å². The summed E-state index contributed by atoms with van der Waals surface area (Å²) in [6.45, 7) is 3.12. The zero-order valence-electron chi connectivity index (χ0n) is 14.7. The van der Waals surface area contributed by atoms with E-state index in [1.165, 1.54) is 0 Å². The van der Waals surface area contributed by atoms with Crippen molar-refractivity contribution in [2.75, 3.05) is 11.9 Å². The van der Waals surface area contributed by atoms with Gasteiger partial charge in [-0.15, -0.1) is 11.3 Å². The summed E-state index contributed by atoms with van der Waals surface area (Å²) in [7, 11) is 0. The van der Waals surface area contributed by atoms with Crippen molar-refractivity contribution < 1.29 is 4.79 Å². The van der Waals surface area contributed by atoms with E-state index in [0.717, 1.165) is 45.7 Å². The number of piperidine rings is 1. The summed E-state index contributed by atoms with van der Waals surface area (Å²) in [6, 6.07) is 13.2. The summed E-state index contributed by atoms with van der Waals surface area (Å²) in [5.41, 5.74) is 7.18. The molecule has 26 heavy (non-hydrogen) atoms. The highest BCUT2D eigenvalue weighted by Crippen LogP contribution is 2.38. The van der Waals surface area contributed by atoms with Crippen LogP contribution >= 0.6 is 11.3 Å². The predicted molar refractivity (Wildman–Crippen MR) is 108 cm³/mol. The molecule has 2 atom stereocenters. The van der Waals surface area contributed by atoms with Crippen LogP contribution in [0.1, 0.15) is 30.1 Å². The number of nitrogens with one attached hydrogen (secondary N) is 2. The number of anilines is 1. The van der Waals surface area contributed by atoms with Crippen LogP contribution in [0.4, 0.5) is 5.82 Å². The van der Waals surface area contributed by atoms with Crippen LogP contribution in [-0.2, 0) is 0 Å². The molecule has 4 rings (SSSR count). The molecule has 4 N–H and O–H groups in total. The van der Waals surface area contributed by atoms with Crippen LogP contribution in [0.15, 0.2) is 42.6 Å². The van der Waals surface area contributed by atoms with Crippen molar-refractivity contribution in [2.24, 2.45) is 5.73 Å². The highest BCUT2D eigenvalue weighted by molar-refractivity contribution is 7.22. The van der Waals surface area contributed by atoms with Gasteiger partial charge in [0.15, 0.2) is 0 Å². The fourth-order valence-corrected chi connectivity index (χ4v) is 4.55. The molecule has 1 aliphatic heterocycles. The lowest BCUT2D eigenvalue weighted by atomic mass is 10.0. The van der Waals surface area contributed by atoms with Gasteiger partial charge in [0, 0.05) is 35.1 Å². The molecule has 0 aliphatic carbocycles. The molecule has 0 spiro atoms. The monoisotopic (exact) mass is 366 g/mol. The summed E-state index contributed by atoms with van der Waals surface area (Å²) < 4.78 is 0.894. The Morgan fingerprint density at radius 1 is 1.31 bits per heavy atom. The molecule has 134 valence electrons. The molecule has 1 fully saturated rings. The lowest BCUT2D eigenvalue weighted by Crippen LogP contribution is -2.43. The van der Waals surface area contributed by atoms with E-state index in [-0.39, 0.29) is 0 Å². The van der Waals surface area contributed by atoms with Crippen LogP contribution in [0, 0.1) is 0 Å². The first kappa shape index (κ1) is 17.0. The van der Waals surface area contributed by atoms with Crippen molar-refractivity contribution in [3.05, 3.63) is 48.2 Å². The van der Waals surface area contributed by atoms with Gasteiger partial charge >= 0.3 is 0 Å². The number of amides is 1. The van der Waals surface area contributed by atoms with Gasteiger partial charge in [0.1, 0.15) is 5.82 Å². The van der Waals surface area contributed by atoms with E-state index in [0.29, 0.717) is 17.6 Å². The molecule has 1 amide bonds. The molecule has 5 nitrogen and oxygen atoms in total. The molecular formula is C20H22N4OS. The third kappa shape index (κ3) is 3.30. The molecule has 0 radical (unpaired) electrons. The van der Waals surface area contributed by atoms with Crippen LogP contribution in [0.3, 0.4) is 0 Å². The minimum absolute atomic E-state index is 0.335. The Bertz CT molecular complexity index is 930. The van der Waals surface area contributed by atoms with Gasteiger partial charge in [0.2, 0.25) is 0 Å². The number of aromatic nitrogens is 1. The molecule has 3 aromatic rings. The average Bonchev–Trinajstić information content (AvgIpc) is 3.10. The van der Waals surface area contributed by atoms with E-state index in [4.69, 9.17) is 5.73 Å². The minimum Gasteiger partial charge on any atom is -0.366 e. The number of thiophene rings is 1. The van der Waals surface area contributed by atoms with Crippen molar-refractivity contribution in [1.29, 1.82) is 0 Å². The first-order valence-electron chi connectivity index (χ1n) is 8.89. The maximum absolute atomic E-state index is 11.9. The fraction of sp³-hybridized carbons (Fsp3) is 0.300. The molecule has 0 bridgehead atoms. The maximum Gasteiger partial charge on any atom is 0.251 e. The Labute approximate surface area is 156 Å². The second kappa shape index (κ2) is 7.05. The Morgan fingerprint density at radius 3 is 2.81 bits per heavy atom. The van der Waals surface area contributed by atoms with Gasteiger partial charge < -0.3 is 16.4 Å². The van der Waals surface area contributed by atoms with E-state index in [2.05, 4.69) is 40.7 Å². The largest absolute Gasteiger partial charge is 0.366 e. The fourth-order valence-electron chi connectivity index (χ4n) is 3.37. The molecule has 1 aliphatic rings. The Balaban J connectivity index is 1.75. The van der Waals surface area contributed by atoms with E-state index in [9.17, 15) is 4.79 Å². The number of carbonyl (C=O) groups excluding carboxylic acids is 1. The Morgan fingerprint density at radius 2 is 2.12 bits per heavy atom. The molecule has 1 saturated heterocycles. The molecular weight excluding hydrogens is 344 g/mol. The van der Waals surface area contributed by atoms with E-state index < -0.39 is 5.91 Å². The smallest absolute Gasteiger partial charge is 0.251 e. The summed E-state index contributed by atoms with van der Waals surface area (Å²) >= 11 is 1.59. The number of primary amides is 1. The number of hydrogen-bond donors (Lipinski definition) is 3. The molecule has 0 saturated carbocycles. The summed E-state index contributed by atoms with van der Waals surface area (Å²) in [5, 5.41) is 8.02. The molecule has 0 unspecified atom stereocenters. The highest BCUT2D eigenvalue weighted by atomic mass is 32.1. The van der Waals surface area contributed by atoms with Gasteiger partial charge in [-0.2, -0.15) is 0 Å². The average molecular weight is 366 g/mol. The van der Waals surface area contributed by atoms with Gasteiger partial charge in [-0.3, -0.25) is 4.79 Å². The number of rotatable bonds is 4. The van der Waals surface area contributed by atoms with Crippen LogP contribution < -0.4 is 16.4 Å². The second-order valence-corrected chi connectivity index (χ2v) is 7.88. The molecule has 2 aromatic heterocycles. The molecule has 1 aromatic carbocycles. The lowest BCUT2D eigenvalue weighted by Gasteiger charge is -2.28. The summed E-state index contributed by atoms with van der Waals surface area (Å²) in [5.74, 6) is 0.383. The van der Waals surface area contributed by atoms with Crippen LogP contribution in [0.25, 0.3) is 20.5 Å². The van der Waals surface area contributed by atoms with Crippen LogP contribution in [0.2, 0.25) is 0 Å². The first-order chi connectivity index (χ1) is 12.6. The van der Waals surface area contributed by atoms with Crippen LogP contribution in [-0.4, -0.2) is 29.5 Å². The normalized spacial score (nSPS) is 20.2. The third-order valence-corrected chi connectivity index (χ3v) is 6.10. The SMILES string of the molecule is C[C@@H]1CC[C@H](Nc2ncc(C(N)=O)c3sc(-c4ccccc4)cc23)CN1. The third-order valence-electron chi connectivity index (χ3n) is 4.88. The number of benzene rings is 1. The van der Waals surface area contributed by atoms with E-state index in [1.54, 1.807) is 17.5 Å². The Kier molecular flexibility index (Phi) is 4.61. The highest BCUT2D eigenvalue weighted by Gasteiger charge is 2.21. The standard InChI is InChI=1S/C20H22N4OS/c1-12-7-8-14(10-22-12)24-20-15-9-17(13-5-3-2-4-6-13)26-18(15)16(11-23-20)19(21)25/h2-6,9,11-12,14,22H,7-8,10H2,1H3,(H2,21,25)(H,23,24)/t12-,14+/m1/s1. The second-order valence-electron chi connectivity index (χ2n) is 6.83.